The van der Waals surface area contributed by atoms with Gasteiger partial charge in [-0.2, -0.15) is 11.8 Å². The lowest BCUT2D eigenvalue weighted by molar-refractivity contribution is -0.870. The van der Waals surface area contributed by atoms with Gasteiger partial charge in [0.2, 0.25) is 5.91 Å². The van der Waals surface area contributed by atoms with Crippen molar-refractivity contribution in [1.82, 2.24) is 5.32 Å². The lowest BCUT2D eigenvalue weighted by Crippen LogP contribution is -3.16. The number of fused-ring (bicyclic) bond motifs is 1. The van der Waals surface area contributed by atoms with Crippen LogP contribution in [0.4, 0.5) is 10.1 Å². The molecular weight excluding hydrogens is 377 g/mol. The second-order valence-corrected chi connectivity index (χ2v) is 8.39. The van der Waals surface area contributed by atoms with Crippen molar-refractivity contribution in [2.24, 2.45) is 5.92 Å². The predicted octanol–water partition coefficient (Wildman–Crippen LogP) is 2.31. The third-order valence-electron chi connectivity index (χ3n) is 5.68. The highest BCUT2D eigenvalue weighted by Crippen LogP contribution is 2.33. The van der Waals surface area contributed by atoms with Crippen LogP contribution in [0.15, 0.2) is 54.6 Å². The quantitative estimate of drug-likeness (QED) is 0.755. The number of halogens is 1. The molecule has 2 N–H and O–H groups in total. The van der Waals surface area contributed by atoms with Gasteiger partial charge in [-0.3, -0.25) is 9.97 Å². The molecule has 2 aromatic carbocycles. The van der Waals surface area contributed by atoms with Crippen molar-refractivity contribution < 1.29 is 14.4 Å². The molecule has 0 bridgehead atoms. The van der Waals surface area contributed by atoms with Gasteiger partial charge in [-0.1, -0.05) is 37.3 Å². The Morgan fingerprint density at radius 1 is 1.25 bits per heavy atom. The van der Waals surface area contributed by atoms with Gasteiger partial charge in [-0.25, -0.2) is 9.40 Å². The Labute approximate surface area is 168 Å². The van der Waals surface area contributed by atoms with E-state index in [2.05, 4.69) is 5.32 Å². The molecule has 0 radical (unpaired) electrons. The summed E-state index contributed by atoms with van der Waals surface area (Å²) in [5, 5.41) is 17.9. The van der Waals surface area contributed by atoms with Crippen molar-refractivity contribution in [3.8, 4) is 0 Å². The first kappa shape index (κ1) is 19.2. The molecule has 7 heteroatoms. The molecule has 0 aliphatic carbocycles. The Kier molecular flexibility index (Phi) is 5.57. The van der Waals surface area contributed by atoms with Crippen molar-refractivity contribution in [1.29, 1.82) is 0 Å². The molecule has 0 spiro atoms. The fourth-order valence-corrected chi connectivity index (χ4v) is 5.68. The zero-order chi connectivity index (χ0) is 19.7. The molecule has 0 saturated carbocycles. The number of hydroxylamine groups is 1. The predicted molar refractivity (Wildman–Crippen MR) is 109 cm³/mol. The average molecular weight is 402 g/mol. The first-order valence-corrected chi connectivity index (χ1v) is 10.8. The highest BCUT2D eigenvalue weighted by atomic mass is 32.2. The number of nitrogens with one attached hydrogen (secondary N) is 2. The van der Waals surface area contributed by atoms with Crippen LogP contribution in [0.5, 0.6) is 0 Å². The number of benzene rings is 2. The molecule has 28 heavy (non-hydrogen) atoms. The van der Waals surface area contributed by atoms with E-state index in [-0.39, 0.29) is 34.8 Å². The molecule has 2 aromatic rings. The minimum atomic E-state index is -0.400. The number of carbonyl (C=O) groups is 1. The topological polar surface area (TPSA) is 59.8 Å². The van der Waals surface area contributed by atoms with Crippen LogP contribution >= 0.6 is 11.8 Å². The Morgan fingerprint density at radius 2 is 1.96 bits per heavy atom. The zero-order valence-corrected chi connectivity index (χ0v) is 16.5. The number of amides is 1. The standard InChI is InChI=1S/C21H24FN3O2S/c1-2-17(14-6-4-3-5-7-14)21(26)23-20-18-12-28-13-19(18)25(27)24(20)16-10-8-15(22)9-11-16/h3-11,17-20,25H,2,12-13H2,1H3,(H,23,26). The summed E-state index contributed by atoms with van der Waals surface area (Å²) in [6, 6.07) is 15.5. The van der Waals surface area contributed by atoms with E-state index in [0.717, 1.165) is 17.1 Å². The SMILES string of the molecule is CCC(C(=O)NC1C2CSCC2[NH+]([O-])N1c1ccc(F)cc1)c1ccccc1. The van der Waals surface area contributed by atoms with E-state index >= 15 is 0 Å². The second kappa shape index (κ2) is 8.11. The van der Waals surface area contributed by atoms with Crippen molar-refractivity contribution >= 4 is 23.4 Å². The molecule has 5 nitrogen and oxygen atoms in total. The number of rotatable bonds is 5. The molecule has 5 unspecified atom stereocenters. The van der Waals surface area contributed by atoms with E-state index < -0.39 is 6.17 Å². The first-order chi connectivity index (χ1) is 13.6. The van der Waals surface area contributed by atoms with Crippen molar-refractivity contribution in [3.05, 3.63) is 71.2 Å². The van der Waals surface area contributed by atoms with Gasteiger partial charge in [-0.15, -0.1) is 0 Å². The molecule has 2 saturated heterocycles. The Bertz CT molecular complexity index is 820. The lowest BCUT2D eigenvalue weighted by atomic mass is 9.94. The highest BCUT2D eigenvalue weighted by molar-refractivity contribution is 7.99. The number of hydrogen-bond acceptors (Lipinski definition) is 4. The summed E-state index contributed by atoms with van der Waals surface area (Å²) in [6.45, 7) is 1.99. The van der Waals surface area contributed by atoms with E-state index in [4.69, 9.17) is 0 Å². The summed E-state index contributed by atoms with van der Waals surface area (Å²) in [5.41, 5.74) is 1.60. The Balaban J connectivity index is 1.61. The second-order valence-electron chi connectivity index (χ2n) is 7.32. The molecule has 2 heterocycles. The van der Waals surface area contributed by atoms with Crippen LogP contribution in [-0.4, -0.2) is 29.6 Å². The molecule has 2 aliphatic rings. The maximum absolute atomic E-state index is 13.4. The summed E-state index contributed by atoms with van der Waals surface area (Å²) in [4.78, 5) is 13.1. The van der Waals surface area contributed by atoms with Crippen molar-refractivity contribution in [2.45, 2.75) is 31.5 Å². The molecule has 1 amide bonds. The number of nitrogens with zero attached hydrogens (tertiary/aromatic N) is 1. The van der Waals surface area contributed by atoms with Crippen LogP contribution in [0.3, 0.4) is 0 Å². The fraction of sp³-hybridized carbons (Fsp3) is 0.381. The number of quaternary nitrogens is 1. The molecular formula is C21H24FN3O2S. The monoisotopic (exact) mass is 401 g/mol. The van der Waals surface area contributed by atoms with Gasteiger partial charge in [-0.05, 0) is 36.2 Å². The Morgan fingerprint density at radius 3 is 2.64 bits per heavy atom. The van der Waals surface area contributed by atoms with E-state index in [1.807, 2.05) is 37.3 Å². The largest absolute Gasteiger partial charge is 0.607 e. The smallest absolute Gasteiger partial charge is 0.229 e. The fourth-order valence-electron chi connectivity index (χ4n) is 4.21. The summed E-state index contributed by atoms with van der Waals surface area (Å²) in [5.74, 6) is 0.988. The van der Waals surface area contributed by atoms with Gasteiger partial charge in [0, 0.05) is 11.5 Å². The van der Waals surface area contributed by atoms with Gasteiger partial charge >= 0.3 is 0 Å². The van der Waals surface area contributed by atoms with E-state index in [1.54, 1.807) is 28.9 Å². The van der Waals surface area contributed by atoms with Gasteiger partial charge < -0.3 is 10.5 Å². The van der Waals surface area contributed by atoms with Crippen LogP contribution in [0.1, 0.15) is 24.8 Å². The van der Waals surface area contributed by atoms with Crippen LogP contribution in [0, 0.1) is 16.9 Å². The third-order valence-corrected chi connectivity index (χ3v) is 6.90. The van der Waals surface area contributed by atoms with Gasteiger partial charge in [0.15, 0.2) is 6.17 Å². The number of hydrogen-bond donors (Lipinski definition) is 2. The molecule has 4 rings (SSSR count). The maximum atomic E-state index is 13.4. The number of thioether (sulfide) groups is 1. The van der Waals surface area contributed by atoms with E-state index in [9.17, 15) is 14.4 Å². The van der Waals surface area contributed by atoms with Crippen LogP contribution in [0.25, 0.3) is 0 Å². The van der Waals surface area contributed by atoms with Crippen LogP contribution in [-0.2, 0) is 4.79 Å². The first-order valence-electron chi connectivity index (χ1n) is 9.62. The van der Waals surface area contributed by atoms with Crippen LogP contribution in [0.2, 0.25) is 0 Å². The minimum Gasteiger partial charge on any atom is -0.607 e. The zero-order valence-electron chi connectivity index (χ0n) is 15.7. The normalized spacial score (nSPS) is 27.5. The highest BCUT2D eigenvalue weighted by Gasteiger charge is 2.52. The van der Waals surface area contributed by atoms with E-state index in [0.29, 0.717) is 12.1 Å². The summed E-state index contributed by atoms with van der Waals surface area (Å²) in [7, 11) is 0. The molecule has 2 fully saturated rings. The molecule has 148 valence electrons. The maximum Gasteiger partial charge on any atom is 0.229 e. The summed E-state index contributed by atoms with van der Waals surface area (Å²) >= 11 is 1.75. The molecule has 5 atom stereocenters. The summed E-state index contributed by atoms with van der Waals surface area (Å²) < 4.78 is 13.4. The average Bonchev–Trinajstić information content (AvgIpc) is 3.28. The van der Waals surface area contributed by atoms with E-state index in [1.165, 1.54) is 12.1 Å². The van der Waals surface area contributed by atoms with Gasteiger partial charge in [0.05, 0.1) is 17.5 Å². The minimum absolute atomic E-state index is 0.0136. The third kappa shape index (κ3) is 3.50. The molecule has 2 aliphatic heterocycles. The number of carbonyl (C=O) groups excluding carboxylic acids is 1. The number of anilines is 1. The van der Waals surface area contributed by atoms with Crippen molar-refractivity contribution in [2.75, 3.05) is 16.5 Å². The molecule has 0 aromatic heterocycles. The van der Waals surface area contributed by atoms with Gasteiger partial charge in [0.1, 0.15) is 11.9 Å². The van der Waals surface area contributed by atoms with Crippen molar-refractivity contribution in [3.63, 3.8) is 0 Å². The van der Waals surface area contributed by atoms with Gasteiger partial charge in [0.25, 0.3) is 0 Å². The summed E-state index contributed by atoms with van der Waals surface area (Å²) in [6.07, 6.45) is 0.277. The van der Waals surface area contributed by atoms with Crippen LogP contribution < -0.4 is 15.5 Å². The Hall–Kier alpha value is -2.09. The lowest BCUT2D eigenvalue weighted by Gasteiger charge is -2.35.